The number of amides is 1. The van der Waals surface area contributed by atoms with E-state index in [1.54, 1.807) is 29.2 Å². The molecule has 1 atom stereocenters. The molecule has 1 aliphatic rings. The molecule has 3 rings (SSSR count). The van der Waals surface area contributed by atoms with Crippen LogP contribution >= 0.6 is 23.2 Å². The Kier molecular flexibility index (Phi) is 6.54. The molecule has 1 fully saturated rings. The summed E-state index contributed by atoms with van der Waals surface area (Å²) in [5.74, 6) is -1.42. The van der Waals surface area contributed by atoms with Gasteiger partial charge >= 0.3 is 5.97 Å². The number of carbonyl (C=O) groups is 2. The monoisotopic (exact) mass is 424 g/mol. The Morgan fingerprint density at radius 3 is 2.18 bits per heavy atom. The first-order chi connectivity index (χ1) is 13.4. The van der Waals surface area contributed by atoms with Gasteiger partial charge in [0.1, 0.15) is 11.9 Å². The van der Waals surface area contributed by atoms with Crippen molar-refractivity contribution in [3.05, 3.63) is 69.5 Å². The van der Waals surface area contributed by atoms with Crippen molar-refractivity contribution < 1.29 is 18.7 Å². The van der Waals surface area contributed by atoms with Gasteiger partial charge in [-0.2, -0.15) is 0 Å². The molecule has 0 unspecified atom stereocenters. The number of hydrogen-bond donors (Lipinski definition) is 0. The van der Waals surface area contributed by atoms with Crippen LogP contribution in [-0.2, 0) is 9.53 Å². The number of piperazine rings is 1. The predicted octanol–water partition coefficient (Wildman–Crippen LogP) is 3.80. The molecule has 1 amide bonds. The average molecular weight is 425 g/mol. The van der Waals surface area contributed by atoms with Gasteiger partial charge in [0, 0.05) is 36.2 Å². The molecule has 28 heavy (non-hydrogen) atoms. The van der Waals surface area contributed by atoms with E-state index in [4.69, 9.17) is 27.9 Å². The Bertz CT molecular complexity index is 868. The fourth-order valence-corrected chi connectivity index (χ4v) is 3.55. The first-order valence-electron chi connectivity index (χ1n) is 8.72. The lowest BCUT2D eigenvalue weighted by atomic mass is 10.0. The van der Waals surface area contributed by atoms with Gasteiger partial charge in [0.25, 0.3) is 5.91 Å². The van der Waals surface area contributed by atoms with Crippen molar-refractivity contribution in [1.29, 1.82) is 0 Å². The number of methoxy groups -OCH3 is 1. The van der Waals surface area contributed by atoms with Gasteiger partial charge in [0.15, 0.2) is 0 Å². The van der Waals surface area contributed by atoms with Crippen LogP contribution in [-0.4, -0.2) is 55.0 Å². The third-order valence-electron chi connectivity index (χ3n) is 4.74. The quantitative estimate of drug-likeness (QED) is 0.700. The molecule has 0 spiro atoms. The molecule has 1 heterocycles. The number of rotatable bonds is 4. The highest BCUT2D eigenvalue weighted by Crippen LogP contribution is 2.26. The molecule has 1 aliphatic heterocycles. The number of ether oxygens (including phenoxy) is 1. The van der Waals surface area contributed by atoms with E-state index in [1.165, 1.54) is 19.2 Å². The summed E-state index contributed by atoms with van der Waals surface area (Å²) in [4.78, 5) is 28.5. The average Bonchev–Trinajstić information content (AvgIpc) is 2.69. The second kappa shape index (κ2) is 8.90. The molecule has 2 aromatic carbocycles. The molecule has 0 aromatic heterocycles. The minimum Gasteiger partial charge on any atom is -0.468 e. The zero-order chi connectivity index (χ0) is 20.3. The van der Waals surface area contributed by atoms with Crippen molar-refractivity contribution in [3.63, 3.8) is 0 Å². The highest BCUT2D eigenvalue weighted by Gasteiger charge is 2.33. The van der Waals surface area contributed by atoms with E-state index in [2.05, 4.69) is 0 Å². The van der Waals surface area contributed by atoms with Crippen molar-refractivity contribution in [1.82, 2.24) is 9.80 Å². The highest BCUT2D eigenvalue weighted by molar-refractivity contribution is 6.30. The molecular weight excluding hydrogens is 406 g/mol. The van der Waals surface area contributed by atoms with Crippen LogP contribution in [0.15, 0.2) is 42.5 Å². The van der Waals surface area contributed by atoms with Crippen molar-refractivity contribution in [3.8, 4) is 0 Å². The molecule has 8 heteroatoms. The number of benzene rings is 2. The van der Waals surface area contributed by atoms with Gasteiger partial charge in [-0.15, -0.1) is 0 Å². The van der Waals surface area contributed by atoms with E-state index in [0.717, 1.165) is 11.6 Å². The van der Waals surface area contributed by atoms with Gasteiger partial charge in [0.05, 0.1) is 12.7 Å². The van der Waals surface area contributed by atoms with E-state index in [9.17, 15) is 14.0 Å². The highest BCUT2D eigenvalue weighted by atomic mass is 35.5. The molecule has 0 bridgehead atoms. The maximum absolute atomic E-state index is 14.1. The van der Waals surface area contributed by atoms with E-state index in [0.29, 0.717) is 31.2 Å². The van der Waals surface area contributed by atoms with Crippen LogP contribution in [0.5, 0.6) is 0 Å². The summed E-state index contributed by atoms with van der Waals surface area (Å²) in [7, 11) is 1.34. The van der Waals surface area contributed by atoms with Crippen LogP contribution in [0.2, 0.25) is 10.0 Å². The second-order valence-corrected chi connectivity index (χ2v) is 7.30. The summed E-state index contributed by atoms with van der Waals surface area (Å²) in [5, 5.41) is 0.815. The van der Waals surface area contributed by atoms with Crippen LogP contribution in [0.25, 0.3) is 0 Å². The summed E-state index contributed by atoms with van der Waals surface area (Å²) in [6.07, 6.45) is 0. The third kappa shape index (κ3) is 4.46. The second-order valence-electron chi connectivity index (χ2n) is 6.43. The van der Waals surface area contributed by atoms with Gasteiger partial charge in [-0.3, -0.25) is 9.69 Å². The smallest absolute Gasteiger partial charge is 0.327 e. The fourth-order valence-electron chi connectivity index (χ4n) is 3.27. The largest absolute Gasteiger partial charge is 0.468 e. The first-order valence-corrected chi connectivity index (χ1v) is 9.48. The van der Waals surface area contributed by atoms with Crippen molar-refractivity contribution in [2.45, 2.75) is 6.04 Å². The Balaban J connectivity index is 1.72. The third-order valence-corrected chi connectivity index (χ3v) is 5.23. The Hall–Kier alpha value is -2.15. The van der Waals surface area contributed by atoms with E-state index in [-0.39, 0.29) is 16.6 Å². The van der Waals surface area contributed by atoms with Crippen LogP contribution < -0.4 is 0 Å². The molecule has 148 valence electrons. The lowest BCUT2D eigenvalue weighted by Crippen LogP contribution is -2.51. The lowest BCUT2D eigenvalue weighted by molar-refractivity contribution is -0.148. The molecule has 0 aliphatic carbocycles. The van der Waals surface area contributed by atoms with Crippen molar-refractivity contribution in [2.24, 2.45) is 0 Å². The van der Waals surface area contributed by atoms with Crippen molar-refractivity contribution in [2.75, 3.05) is 33.3 Å². The number of carbonyl (C=O) groups excluding carboxylic acids is 2. The minimum absolute atomic E-state index is 0.0138. The summed E-state index contributed by atoms with van der Waals surface area (Å²) in [6, 6.07) is 10.4. The van der Waals surface area contributed by atoms with E-state index >= 15 is 0 Å². The Labute approximate surface area is 172 Å². The molecule has 2 aromatic rings. The number of hydrogen-bond acceptors (Lipinski definition) is 4. The molecular formula is C20H19Cl2FN2O3. The van der Waals surface area contributed by atoms with Crippen LogP contribution in [0.1, 0.15) is 22.0 Å². The summed E-state index contributed by atoms with van der Waals surface area (Å²) in [6.45, 7) is 1.62. The molecule has 1 saturated heterocycles. The van der Waals surface area contributed by atoms with Gasteiger partial charge in [-0.25, -0.2) is 9.18 Å². The van der Waals surface area contributed by atoms with Crippen LogP contribution in [0.3, 0.4) is 0 Å². The Morgan fingerprint density at radius 1 is 1.00 bits per heavy atom. The van der Waals surface area contributed by atoms with Gasteiger partial charge < -0.3 is 9.64 Å². The molecule has 0 radical (unpaired) electrons. The van der Waals surface area contributed by atoms with Crippen LogP contribution in [0, 0.1) is 5.82 Å². The maximum atomic E-state index is 14.1. The van der Waals surface area contributed by atoms with Crippen LogP contribution in [0.4, 0.5) is 4.39 Å². The first kappa shape index (κ1) is 20.6. The number of nitrogens with zero attached hydrogens (tertiary/aromatic N) is 2. The normalized spacial score (nSPS) is 15.9. The standard InChI is InChI=1S/C20H19Cl2FN2O3/c1-28-20(27)18(13-2-4-14(21)5-3-13)24-8-10-25(11-9-24)19(26)16-7-6-15(22)12-17(16)23/h2-7,12,18H,8-11H2,1H3/t18-/m1/s1. The van der Waals surface area contributed by atoms with Crippen molar-refractivity contribution >= 4 is 35.1 Å². The molecule has 0 N–H and O–H groups in total. The number of esters is 1. The summed E-state index contributed by atoms with van der Waals surface area (Å²) in [5.41, 5.74) is 0.750. The lowest BCUT2D eigenvalue weighted by Gasteiger charge is -2.38. The van der Waals surface area contributed by atoms with E-state index < -0.39 is 17.8 Å². The SMILES string of the molecule is COC(=O)[C@@H](c1ccc(Cl)cc1)N1CCN(C(=O)c2ccc(Cl)cc2F)CC1. The molecule has 0 saturated carbocycles. The maximum Gasteiger partial charge on any atom is 0.327 e. The number of halogens is 3. The van der Waals surface area contributed by atoms with Gasteiger partial charge in [-0.1, -0.05) is 35.3 Å². The van der Waals surface area contributed by atoms with Gasteiger partial charge in [-0.05, 0) is 35.9 Å². The summed E-state index contributed by atoms with van der Waals surface area (Å²) >= 11 is 11.7. The van der Waals surface area contributed by atoms with E-state index in [1.807, 2.05) is 4.90 Å². The topological polar surface area (TPSA) is 49.9 Å². The zero-order valence-electron chi connectivity index (χ0n) is 15.2. The predicted molar refractivity (Wildman–Crippen MR) is 105 cm³/mol. The zero-order valence-corrected chi connectivity index (χ0v) is 16.7. The Morgan fingerprint density at radius 2 is 1.61 bits per heavy atom. The molecule has 5 nitrogen and oxygen atoms in total. The minimum atomic E-state index is -0.645. The summed E-state index contributed by atoms with van der Waals surface area (Å²) < 4.78 is 19.0. The fraction of sp³-hybridized carbons (Fsp3) is 0.300. The van der Waals surface area contributed by atoms with Gasteiger partial charge in [0.2, 0.25) is 0 Å².